The molecule has 1 aliphatic rings. The number of hydrogen-bond acceptors (Lipinski definition) is 5. The second-order valence-electron chi connectivity index (χ2n) is 3.10. The Morgan fingerprint density at radius 2 is 2.29 bits per heavy atom. The van der Waals surface area contributed by atoms with Gasteiger partial charge in [-0.25, -0.2) is 15.0 Å². The molecular formula is C8H7N4O5+. The molecule has 9 nitrogen and oxygen atoms in total. The Balaban J connectivity index is 2.07. The number of imide groups is 1. The van der Waals surface area contributed by atoms with Gasteiger partial charge in [0.1, 0.15) is 6.54 Å². The number of hydrazone groups is 1. The summed E-state index contributed by atoms with van der Waals surface area (Å²) in [7, 11) is 0. The quantitative estimate of drug-likeness (QED) is 0.436. The smallest absolute Gasteiger partial charge is 0.397 e. The molecule has 3 amide bonds. The Labute approximate surface area is 93.8 Å². The fourth-order valence-corrected chi connectivity index (χ4v) is 1.17. The summed E-state index contributed by atoms with van der Waals surface area (Å²) in [5, 5.41) is 15.1. The van der Waals surface area contributed by atoms with Crippen LogP contribution in [-0.4, -0.2) is 39.8 Å². The number of rotatable bonds is 3. The van der Waals surface area contributed by atoms with Crippen LogP contribution in [0.4, 0.5) is 10.7 Å². The largest absolute Gasteiger partial charge is 0.480 e. The van der Waals surface area contributed by atoms with Gasteiger partial charge in [-0.1, -0.05) is 0 Å². The van der Waals surface area contributed by atoms with E-state index in [-0.39, 0.29) is 18.2 Å². The highest BCUT2D eigenvalue weighted by Gasteiger charge is 2.26. The van der Waals surface area contributed by atoms with E-state index in [2.05, 4.69) is 5.10 Å². The molecule has 0 aromatic carbocycles. The third kappa shape index (κ3) is 2.27. The van der Waals surface area contributed by atoms with E-state index in [0.29, 0.717) is 0 Å². The predicted molar refractivity (Wildman–Crippen MR) is 51.6 cm³/mol. The zero-order valence-corrected chi connectivity index (χ0v) is 8.36. The van der Waals surface area contributed by atoms with E-state index < -0.39 is 16.9 Å². The summed E-state index contributed by atoms with van der Waals surface area (Å²) in [4.78, 5) is 31.9. The van der Waals surface area contributed by atoms with Crippen LogP contribution in [0.2, 0.25) is 0 Å². The molecule has 88 valence electrons. The van der Waals surface area contributed by atoms with Crippen molar-refractivity contribution >= 4 is 24.0 Å². The molecule has 17 heavy (non-hydrogen) atoms. The van der Waals surface area contributed by atoms with Crippen molar-refractivity contribution in [3.63, 3.8) is 0 Å². The standard InChI is InChI=1S/C8H6N4O5/c13-6-4-11(8(14)10-6)9-3-5-1-2-7(17-5)12(15)16/h1-3H,4H2,(H-,10,13,14,15,16)/p+1/b9-3+. The summed E-state index contributed by atoms with van der Waals surface area (Å²) < 4.78 is 4.84. The molecule has 1 saturated heterocycles. The lowest BCUT2D eigenvalue weighted by molar-refractivity contribution is -0.737. The van der Waals surface area contributed by atoms with Gasteiger partial charge in [0.2, 0.25) is 5.91 Å². The molecule has 0 atom stereocenters. The van der Waals surface area contributed by atoms with Crippen molar-refractivity contribution < 1.29 is 24.1 Å². The highest BCUT2D eigenvalue weighted by Crippen LogP contribution is 2.13. The molecule has 2 heterocycles. The molecule has 2 N–H and O–H groups in total. The number of carbonyl (C=O) groups excluding carboxylic acids is 2. The first kappa shape index (κ1) is 10.8. The molecule has 0 unspecified atom stereocenters. The van der Waals surface area contributed by atoms with Crippen LogP contribution < -0.4 is 5.32 Å². The lowest BCUT2D eigenvalue weighted by Gasteiger charge is -2.02. The number of nitrogens with one attached hydrogen (secondary N) is 1. The summed E-state index contributed by atoms with van der Waals surface area (Å²) in [5.41, 5.74) is 0. The maximum absolute atomic E-state index is 11.1. The van der Waals surface area contributed by atoms with Gasteiger partial charge in [0.15, 0.2) is 5.76 Å². The SMILES string of the molecule is O=C1CN(/N=C/c2ccc([N+](=O)O)o2)C(=O)N1. The van der Waals surface area contributed by atoms with Crippen molar-refractivity contribution in [2.45, 2.75) is 0 Å². The predicted octanol–water partition coefficient (Wildman–Crippen LogP) is -0.0351. The summed E-state index contributed by atoms with van der Waals surface area (Å²) in [5.74, 6) is -0.608. The fraction of sp³-hybridized carbons (Fsp3) is 0.125. The summed E-state index contributed by atoms with van der Waals surface area (Å²) >= 11 is 0. The first-order chi connectivity index (χ1) is 8.06. The van der Waals surface area contributed by atoms with Gasteiger partial charge in [0.05, 0.1) is 17.2 Å². The molecular weight excluding hydrogens is 232 g/mol. The van der Waals surface area contributed by atoms with Crippen molar-refractivity contribution in [2.24, 2.45) is 5.10 Å². The Morgan fingerprint density at radius 1 is 1.53 bits per heavy atom. The van der Waals surface area contributed by atoms with Crippen molar-refractivity contribution in [1.29, 1.82) is 0 Å². The Bertz CT molecular complexity index is 520. The molecule has 2 rings (SSSR count). The van der Waals surface area contributed by atoms with E-state index in [9.17, 15) is 14.5 Å². The van der Waals surface area contributed by atoms with Crippen molar-refractivity contribution in [1.82, 2.24) is 10.3 Å². The fourth-order valence-electron chi connectivity index (χ4n) is 1.17. The van der Waals surface area contributed by atoms with Crippen LogP contribution in [0.1, 0.15) is 5.76 Å². The minimum Gasteiger partial charge on any atom is -0.397 e. The normalized spacial score (nSPS) is 15.6. The first-order valence-electron chi connectivity index (χ1n) is 4.47. The van der Waals surface area contributed by atoms with E-state index in [1.165, 1.54) is 12.1 Å². The number of amides is 3. The molecule has 0 aliphatic carbocycles. The van der Waals surface area contributed by atoms with Gasteiger partial charge in [-0.2, -0.15) is 5.10 Å². The van der Waals surface area contributed by atoms with Crippen LogP contribution in [0.25, 0.3) is 0 Å². The zero-order valence-electron chi connectivity index (χ0n) is 8.36. The minimum absolute atomic E-state index is 0.155. The Kier molecular flexibility index (Phi) is 2.57. The van der Waals surface area contributed by atoms with Crippen LogP contribution in [-0.2, 0) is 4.79 Å². The van der Waals surface area contributed by atoms with E-state index in [4.69, 9.17) is 9.62 Å². The number of furan rings is 1. The van der Waals surface area contributed by atoms with E-state index in [0.717, 1.165) is 11.2 Å². The van der Waals surface area contributed by atoms with Gasteiger partial charge in [-0.05, 0) is 6.07 Å². The molecule has 1 aromatic rings. The van der Waals surface area contributed by atoms with Gasteiger partial charge in [-0.15, -0.1) is 0 Å². The summed E-state index contributed by atoms with van der Waals surface area (Å²) in [6, 6.07) is 1.96. The van der Waals surface area contributed by atoms with Crippen molar-refractivity contribution in [3.05, 3.63) is 22.8 Å². The third-order valence-electron chi connectivity index (χ3n) is 1.90. The second kappa shape index (κ2) is 4.04. The molecule has 0 bridgehead atoms. The average Bonchev–Trinajstić information content (AvgIpc) is 2.82. The van der Waals surface area contributed by atoms with Crippen LogP contribution in [0.15, 0.2) is 21.7 Å². The monoisotopic (exact) mass is 239 g/mol. The van der Waals surface area contributed by atoms with Gasteiger partial charge in [-0.3, -0.25) is 10.1 Å². The maximum Gasteiger partial charge on any atom is 0.480 e. The minimum atomic E-state index is -0.634. The number of hydrogen-bond donors (Lipinski definition) is 2. The van der Waals surface area contributed by atoms with Crippen LogP contribution in [0.3, 0.4) is 0 Å². The molecule has 0 saturated carbocycles. The Hall–Kier alpha value is -2.71. The molecule has 1 aliphatic heterocycles. The van der Waals surface area contributed by atoms with Gasteiger partial charge < -0.3 is 4.42 Å². The number of carbonyl (C=O) groups is 2. The van der Waals surface area contributed by atoms with Crippen molar-refractivity contribution in [3.8, 4) is 0 Å². The van der Waals surface area contributed by atoms with E-state index >= 15 is 0 Å². The lowest BCUT2D eigenvalue weighted by atomic mass is 10.5. The van der Waals surface area contributed by atoms with Crippen LogP contribution in [0.5, 0.6) is 0 Å². The van der Waals surface area contributed by atoms with Crippen molar-refractivity contribution in [2.75, 3.05) is 6.54 Å². The molecule has 1 fully saturated rings. The number of nitrogens with zero attached hydrogens (tertiary/aromatic N) is 3. The van der Waals surface area contributed by atoms with E-state index in [1.54, 1.807) is 0 Å². The first-order valence-corrected chi connectivity index (χ1v) is 4.47. The van der Waals surface area contributed by atoms with Gasteiger partial charge >= 0.3 is 11.9 Å². The van der Waals surface area contributed by atoms with E-state index in [1.807, 2.05) is 5.32 Å². The molecule has 9 heteroatoms. The average molecular weight is 239 g/mol. The maximum atomic E-state index is 11.1. The summed E-state index contributed by atoms with van der Waals surface area (Å²) in [6.45, 7) is -0.170. The second-order valence-corrected chi connectivity index (χ2v) is 3.10. The lowest BCUT2D eigenvalue weighted by Crippen LogP contribution is -2.24. The van der Waals surface area contributed by atoms with Crippen LogP contribution in [0, 0.1) is 4.91 Å². The summed E-state index contributed by atoms with van der Waals surface area (Å²) in [6.07, 6.45) is 1.14. The Morgan fingerprint density at radius 3 is 2.82 bits per heavy atom. The highest BCUT2D eigenvalue weighted by molar-refractivity contribution is 6.02. The zero-order chi connectivity index (χ0) is 12.4. The van der Waals surface area contributed by atoms with Gasteiger partial charge in [0.25, 0.3) is 4.92 Å². The molecule has 0 spiro atoms. The topological polar surface area (TPSA) is 115 Å². The molecule has 1 aromatic heterocycles. The third-order valence-corrected chi connectivity index (χ3v) is 1.90. The van der Waals surface area contributed by atoms with Gasteiger partial charge in [0, 0.05) is 0 Å². The van der Waals surface area contributed by atoms with Crippen LogP contribution >= 0.6 is 0 Å². The molecule has 0 radical (unpaired) electrons. The number of urea groups is 1. The highest BCUT2D eigenvalue weighted by atomic mass is 16.6.